The van der Waals surface area contributed by atoms with E-state index in [0.29, 0.717) is 19.4 Å². The van der Waals surface area contributed by atoms with Crippen LogP contribution in [0.4, 0.5) is 0 Å². The van der Waals surface area contributed by atoms with E-state index in [2.05, 4.69) is 10.6 Å². The topological polar surface area (TPSA) is 84.2 Å². The largest absolute Gasteiger partial charge is 0.329 e. The minimum absolute atomic E-state index is 0.101. The van der Waals surface area contributed by atoms with Crippen molar-refractivity contribution in [2.75, 3.05) is 6.54 Å². The Morgan fingerprint density at radius 2 is 2.38 bits per heavy atom. The molecule has 0 aliphatic carbocycles. The quantitative estimate of drug-likeness (QED) is 0.479. The molecule has 4 N–H and O–H groups in total. The summed E-state index contributed by atoms with van der Waals surface area (Å²) in [5.74, 6) is -0.431. The molecule has 2 amide bonds. The maximum absolute atomic E-state index is 11.2. The van der Waals surface area contributed by atoms with Crippen molar-refractivity contribution < 1.29 is 9.59 Å². The van der Waals surface area contributed by atoms with E-state index in [1.807, 2.05) is 6.92 Å². The molecule has 1 fully saturated rings. The monoisotopic (exact) mass is 185 g/mol. The fourth-order valence-electron chi connectivity index (χ4n) is 1.26. The highest BCUT2D eigenvalue weighted by atomic mass is 16.2. The lowest BCUT2D eigenvalue weighted by atomic mass is 10.1. The van der Waals surface area contributed by atoms with Gasteiger partial charge in [0.05, 0.1) is 6.04 Å². The zero-order valence-corrected chi connectivity index (χ0v) is 7.67. The molecule has 1 rings (SSSR count). The maximum Gasteiger partial charge on any atom is 0.243 e. The van der Waals surface area contributed by atoms with Crippen molar-refractivity contribution in [2.45, 2.75) is 31.8 Å². The van der Waals surface area contributed by atoms with Crippen molar-refractivity contribution in [3.05, 3.63) is 0 Å². The average Bonchev–Trinajstić information content (AvgIpc) is 2.09. The van der Waals surface area contributed by atoms with Gasteiger partial charge in [-0.25, -0.2) is 0 Å². The third kappa shape index (κ3) is 2.78. The van der Waals surface area contributed by atoms with Crippen molar-refractivity contribution in [2.24, 2.45) is 5.73 Å². The molecular weight excluding hydrogens is 170 g/mol. The molecule has 5 heteroatoms. The minimum Gasteiger partial charge on any atom is -0.329 e. The molecule has 0 bridgehead atoms. The number of nitrogens with one attached hydrogen (secondary N) is 2. The van der Waals surface area contributed by atoms with Crippen molar-refractivity contribution in [3.8, 4) is 0 Å². The van der Waals surface area contributed by atoms with Gasteiger partial charge in [0.15, 0.2) is 0 Å². The van der Waals surface area contributed by atoms with Gasteiger partial charge in [0.25, 0.3) is 0 Å². The highest BCUT2D eigenvalue weighted by Gasteiger charge is 2.26. The summed E-state index contributed by atoms with van der Waals surface area (Å²) in [6, 6.07) is -0.166. The summed E-state index contributed by atoms with van der Waals surface area (Å²) in [6.45, 7) is 2.39. The number of rotatable bonds is 3. The fourth-order valence-corrected chi connectivity index (χ4v) is 1.26. The third-order valence-electron chi connectivity index (χ3n) is 2.08. The molecule has 0 aromatic heterocycles. The van der Waals surface area contributed by atoms with E-state index in [9.17, 15) is 9.59 Å². The van der Waals surface area contributed by atoms with Crippen LogP contribution in [0.5, 0.6) is 0 Å². The van der Waals surface area contributed by atoms with Gasteiger partial charge in [-0.15, -0.1) is 0 Å². The van der Waals surface area contributed by atoms with Crippen molar-refractivity contribution >= 4 is 11.8 Å². The number of imide groups is 1. The number of amides is 2. The Balaban J connectivity index is 2.42. The van der Waals surface area contributed by atoms with Crippen LogP contribution in [0.3, 0.4) is 0 Å². The van der Waals surface area contributed by atoms with E-state index in [4.69, 9.17) is 5.73 Å². The predicted molar refractivity (Wildman–Crippen MR) is 47.8 cm³/mol. The number of hydrogen-bond acceptors (Lipinski definition) is 4. The van der Waals surface area contributed by atoms with Gasteiger partial charge in [-0.3, -0.25) is 14.9 Å². The maximum atomic E-state index is 11.2. The smallest absolute Gasteiger partial charge is 0.243 e. The molecule has 2 unspecified atom stereocenters. The van der Waals surface area contributed by atoms with Gasteiger partial charge >= 0.3 is 0 Å². The van der Waals surface area contributed by atoms with Crippen molar-refractivity contribution in [1.82, 2.24) is 10.6 Å². The van der Waals surface area contributed by atoms with Crippen LogP contribution in [0.25, 0.3) is 0 Å². The van der Waals surface area contributed by atoms with Crippen LogP contribution < -0.4 is 16.4 Å². The van der Waals surface area contributed by atoms with Gasteiger partial charge < -0.3 is 11.1 Å². The lowest BCUT2D eigenvalue weighted by Gasteiger charge is -2.24. The highest BCUT2D eigenvalue weighted by molar-refractivity contribution is 6.00. The standard InChI is InChI=1S/C8H15N3O2/c1-5(4-9)10-6-2-3-7(12)11-8(6)13/h5-6,10H,2-4,9H2,1H3,(H,11,12,13). The zero-order valence-electron chi connectivity index (χ0n) is 7.67. The second kappa shape index (κ2) is 4.34. The van der Waals surface area contributed by atoms with Crippen LogP contribution in [-0.4, -0.2) is 30.4 Å². The zero-order chi connectivity index (χ0) is 9.84. The van der Waals surface area contributed by atoms with Crippen LogP contribution in [0.2, 0.25) is 0 Å². The Kier molecular flexibility index (Phi) is 3.39. The van der Waals surface area contributed by atoms with E-state index in [1.165, 1.54) is 0 Å². The molecule has 1 saturated heterocycles. The van der Waals surface area contributed by atoms with E-state index < -0.39 is 0 Å². The Labute approximate surface area is 77.1 Å². The third-order valence-corrected chi connectivity index (χ3v) is 2.08. The molecule has 0 aromatic carbocycles. The molecule has 1 aliphatic rings. The first kappa shape index (κ1) is 10.1. The Bertz CT molecular complexity index is 217. The van der Waals surface area contributed by atoms with E-state index in [-0.39, 0.29) is 23.9 Å². The van der Waals surface area contributed by atoms with E-state index >= 15 is 0 Å². The number of piperidine rings is 1. The minimum atomic E-state index is -0.267. The van der Waals surface area contributed by atoms with Crippen LogP contribution in [-0.2, 0) is 9.59 Å². The molecule has 0 aromatic rings. The number of hydrogen-bond donors (Lipinski definition) is 3. The lowest BCUT2D eigenvalue weighted by Crippen LogP contribution is -2.54. The van der Waals surface area contributed by atoms with Gasteiger partial charge in [0, 0.05) is 19.0 Å². The molecule has 13 heavy (non-hydrogen) atoms. The number of carbonyl (C=O) groups excluding carboxylic acids is 2. The van der Waals surface area contributed by atoms with E-state index in [0.717, 1.165) is 0 Å². The lowest BCUT2D eigenvalue weighted by molar-refractivity contribution is -0.134. The van der Waals surface area contributed by atoms with Crippen molar-refractivity contribution in [1.29, 1.82) is 0 Å². The van der Waals surface area contributed by atoms with Crippen molar-refractivity contribution in [3.63, 3.8) is 0 Å². The molecule has 1 aliphatic heterocycles. The summed E-state index contributed by atoms with van der Waals surface area (Å²) in [5.41, 5.74) is 5.40. The van der Waals surface area contributed by atoms with Gasteiger partial charge in [-0.2, -0.15) is 0 Å². The first-order valence-electron chi connectivity index (χ1n) is 4.43. The van der Waals surface area contributed by atoms with Gasteiger partial charge in [0.1, 0.15) is 0 Å². The summed E-state index contributed by atoms with van der Waals surface area (Å²) in [6.07, 6.45) is 0.968. The molecule has 2 atom stereocenters. The van der Waals surface area contributed by atoms with Gasteiger partial charge in [-0.05, 0) is 13.3 Å². The summed E-state index contributed by atoms with van der Waals surface area (Å²) in [4.78, 5) is 22.0. The molecular formula is C8H15N3O2. The Morgan fingerprint density at radius 1 is 1.69 bits per heavy atom. The molecule has 74 valence electrons. The first-order valence-corrected chi connectivity index (χ1v) is 4.43. The number of carbonyl (C=O) groups is 2. The second-order valence-corrected chi connectivity index (χ2v) is 3.31. The summed E-state index contributed by atoms with van der Waals surface area (Å²) < 4.78 is 0. The van der Waals surface area contributed by atoms with Gasteiger partial charge in [-0.1, -0.05) is 0 Å². The molecule has 0 spiro atoms. The SMILES string of the molecule is CC(CN)NC1CCC(=O)NC1=O. The van der Waals surface area contributed by atoms with Crippen LogP contribution in [0.15, 0.2) is 0 Å². The summed E-state index contributed by atoms with van der Waals surface area (Å²) in [5, 5.41) is 5.33. The highest BCUT2D eigenvalue weighted by Crippen LogP contribution is 2.04. The second-order valence-electron chi connectivity index (χ2n) is 3.31. The predicted octanol–water partition coefficient (Wildman–Crippen LogP) is -1.27. The number of nitrogens with two attached hydrogens (primary N) is 1. The van der Waals surface area contributed by atoms with Crippen LogP contribution in [0.1, 0.15) is 19.8 Å². The van der Waals surface area contributed by atoms with Gasteiger partial charge in [0.2, 0.25) is 11.8 Å². The molecule has 1 heterocycles. The molecule has 5 nitrogen and oxygen atoms in total. The first-order chi connectivity index (χ1) is 6.13. The summed E-state index contributed by atoms with van der Waals surface area (Å²) >= 11 is 0. The molecule has 0 saturated carbocycles. The fraction of sp³-hybridized carbons (Fsp3) is 0.750. The summed E-state index contributed by atoms with van der Waals surface area (Å²) in [7, 11) is 0. The van der Waals surface area contributed by atoms with Crippen LogP contribution >= 0.6 is 0 Å². The van der Waals surface area contributed by atoms with Crippen LogP contribution in [0, 0.1) is 0 Å². The Morgan fingerprint density at radius 3 is 2.92 bits per heavy atom. The van der Waals surface area contributed by atoms with E-state index in [1.54, 1.807) is 0 Å². The molecule has 0 radical (unpaired) electrons. The Hall–Kier alpha value is -0.940. The average molecular weight is 185 g/mol. The normalized spacial score (nSPS) is 25.5.